The molecule has 0 unspecified atom stereocenters. The summed E-state index contributed by atoms with van der Waals surface area (Å²) in [6.45, 7) is 3.78. The SMILES string of the molecule is CCc1ccc(-n2nc(C)c(=O)c(-c3ccccc3)c2NC(=O)c2ccccc2)cc1. The Kier molecular flexibility index (Phi) is 5.76. The molecule has 1 aromatic heterocycles. The van der Waals surface area contributed by atoms with Gasteiger partial charge in [-0.2, -0.15) is 5.10 Å². The van der Waals surface area contributed by atoms with Crippen molar-refractivity contribution in [2.75, 3.05) is 5.32 Å². The first kappa shape index (κ1) is 20.3. The Labute approximate surface area is 181 Å². The maximum atomic E-state index is 13.2. The molecule has 4 rings (SSSR count). The molecule has 0 aliphatic heterocycles. The fourth-order valence-corrected chi connectivity index (χ4v) is 3.46. The van der Waals surface area contributed by atoms with Gasteiger partial charge in [0.05, 0.1) is 11.3 Å². The lowest BCUT2D eigenvalue weighted by molar-refractivity contribution is 0.102. The first-order valence-corrected chi connectivity index (χ1v) is 10.2. The molecule has 1 heterocycles. The molecule has 0 aliphatic rings. The van der Waals surface area contributed by atoms with E-state index in [1.807, 2.05) is 60.7 Å². The molecular formula is C26H23N3O2. The van der Waals surface area contributed by atoms with Crippen LogP contribution in [0.2, 0.25) is 0 Å². The Morgan fingerprint density at radius 1 is 0.903 bits per heavy atom. The summed E-state index contributed by atoms with van der Waals surface area (Å²) in [6.07, 6.45) is 0.920. The van der Waals surface area contributed by atoms with Crippen molar-refractivity contribution in [1.82, 2.24) is 9.78 Å². The fourth-order valence-electron chi connectivity index (χ4n) is 3.46. The molecule has 4 aromatic rings. The zero-order valence-corrected chi connectivity index (χ0v) is 17.5. The molecule has 5 nitrogen and oxygen atoms in total. The number of aryl methyl sites for hydroxylation is 2. The van der Waals surface area contributed by atoms with Crippen LogP contribution in [0.15, 0.2) is 89.7 Å². The Morgan fingerprint density at radius 2 is 1.52 bits per heavy atom. The summed E-state index contributed by atoms with van der Waals surface area (Å²) in [5, 5.41) is 7.47. The summed E-state index contributed by atoms with van der Waals surface area (Å²) in [7, 11) is 0. The molecule has 0 saturated carbocycles. The smallest absolute Gasteiger partial charge is 0.256 e. The van der Waals surface area contributed by atoms with Gasteiger partial charge in [0.25, 0.3) is 5.91 Å². The van der Waals surface area contributed by atoms with Gasteiger partial charge in [-0.3, -0.25) is 9.59 Å². The minimum absolute atomic E-state index is 0.212. The molecule has 0 aliphatic carbocycles. The molecule has 0 bridgehead atoms. The number of aromatic nitrogens is 2. The molecular weight excluding hydrogens is 386 g/mol. The number of carbonyl (C=O) groups excluding carboxylic acids is 1. The van der Waals surface area contributed by atoms with Gasteiger partial charge >= 0.3 is 0 Å². The highest BCUT2D eigenvalue weighted by Crippen LogP contribution is 2.27. The summed E-state index contributed by atoms with van der Waals surface area (Å²) in [5.41, 5.74) is 3.74. The number of hydrogen-bond donors (Lipinski definition) is 1. The lowest BCUT2D eigenvalue weighted by Gasteiger charge is -2.18. The van der Waals surface area contributed by atoms with E-state index < -0.39 is 0 Å². The van der Waals surface area contributed by atoms with Crippen LogP contribution in [0.5, 0.6) is 0 Å². The molecule has 0 atom stereocenters. The first-order chi connectivity index (χ1) is 15.1. The number of anilines is 1. The Balaban J connectivity index is 1.94. The average Bonchev–Trinajstić information content (AvgIpc) is 2.82. The lowest BCUT2D eigenvalue weighted by Crippen LogP contribution is -2.24. The van der Waals surface area contributed by atoms with Crippen LogP contribution in [-0.2, 0) is 6.42 Å². The van der Waals surface area contributed by atoms with Crippen molar-refractivity contribution in [2.45, 2.75) is 20.3 Å². The second kappa shape index (κ2) is 8.79. The van der Waals surface area contributed by atoms with E-state index >= 15 is 0 Å². The number of nitrogens with zero attached hydrogens (tertiary/aromatic N) is 2. The molecule has 154 valence electrons. The number of carbonyl (C=O) groups is 1. The second-order valence-electron chi connectivity index (χ2n) is 7.26. The van der Waals surface area contributed by atoms with Crippen molar-refractivity contribution >= 4 is 11.7 Å². The third-order valence-electron chi connectivity index (χ3n) is 5.17. The quantitative estimate of drug-likeness (QED) is 0.503. The molecule has 1 N–H and O–H groups in total. The Bertz CT molecular complexity index is 1260. The predicted octanol–water partition coefficient (Wildman–Crippen LogP) is 5.02. The van der Waals surface area contributed by atoms with Crippen molar-refractivity contribution in [3.63, 3.8) is 0 Å². The van der Waals surface area contributed by atoms with E-state index in [-0.39, 0.29) is 11.3 Å². The molecule has 0 saturated heterocycles. The highest BCUT2D eigenvalue weighted by molar-refractivity contribution is 6.05. The molecule has 0 fully saturated rings. The third-order valence-corrected chi connectivity index (χ3v) is 5.17. The lowest BCUT2D eigenvalue weighted by atomic mass is 10.0. The van der Waals surface area contributed by atoms with Crippen LogP contribution in [-0.4, -0.2) is 15.7 Å². The van der Waals surface area contributed by atoms with Crippen molar-refractivity contribution in [3.8, 4) is 16.8 Å². The van der Waals surface area contributed by atoms with E-state index in [2.05, 4.69) is 17.3 Å². The topological polar surface area (TPSA) is 64.0 Å². The van der Waals surface area contributed by atoms with Gasteiger partial charge in [-0.05, 0) is 48.7 Å². The number of rotatable bonds is 5. The number of hydrogen-bond acceptors (Lipinski definition) is 3. The van der Waals surface area contributed by atoms with Crippen molar-refractivity contribution in [2.24, 2.45) is 0 Å². The van der Waals surface area contributed by atoms with Crippen LogP contribution in [0.25, 0.3) is 16.8 Å². The van der Waals surface area contributed by atoms with Crippen LogP contribution < -0.4 is 10.7 Å². The van der Waals surface area contributed by atoms with Crippen LogP contribution in [0.3, 0.4) is 0 Å². The minimum atomic E-state index is -0.304. The van der Waals surface area contributed by atoms with Crippen molar-refractivity contribution in [1.29, 1.82) is 0 Å². The Hall–Kier alpha value is -3.99. The fraction of sp³-hybridized carbons (Fsp3) is 0.115. The summed E-state index contributed by atoms with van der Waals surface area (Å²) in [5.74, 6) is 0.0432. The van der Waals surface area contributed by atoms with Gasteiger partial charge in [-0.25, -0.2) is 4.68 Å². The molecule has 31 heavy (non-hydrogen) atoms. The highest BCUT2D eigenvalue weighted by Gasteiger charge is 2.20. The van der Waals surface area contributed by atoms with Gasteiger partial charge in [0.1, 0.15) is 11.5 Å². The van der Waals surface area contributed by atoms with E-state index in [0.717, 1.165) is 17.7 Å². The molecule has 1 amide bonds. The molecule has 0 radical (unpaired) electrons. The van der Waals surface area contributed by atoms with Gasteiger partial charge in [0, 0.05) is 5.56 Å². The number of nitrogens with one attached hydrogen (secondary N) is 1. The zero-order chi connectivity index (χ0) is 21.8. The van der Waals surface area contributed by atoms with Gasteiger partial charge in [-0.15, -0.1) is 0 Å². The third kappa shape index (κ3) is 4.16. The number of amides is 1. The van der Waals surface area contributed by atoms with Gasteiger partial charge in [-0.1, -0.05) is 67.6 Å². The summed E-state index contributed by atoms with van der Waals surface area (Å²) in [6, 6.07) is 26.2. The van der Waals surface area contributed by atoms with Crippen LogP contribution >= 0.6 is 0 Å². The standard InChI is InChI=1S/C26H23N3O2/c1-3-19-14-16-22(17-15-19)29-25(27-26(31)21-12-8-5-9-13-21)23(24(30)18(2)28-29)20-10-6-4-7-11-20/h4-17H,3H2,1-2H3,(H,27,31). The van der Waals surface area contributed by atoms with E-state index in [4.69, 9.17) is 0 Å². The van der Waals surface area contributed by atoms with E-state index in [0.29, 0.717) is 22.6 Å². The average molecular weight is 409 g/mol. The van der Waals surface area contributed by atoms with Crippen molar-refractivity contribution in [3.05, 3.63) is 112 Å². The summed E-state index contributed by atoms with van der Waals surface area (Å²) >= 11 is 0. The summed E-state index contributed by atoms with van der Waals surface area (Å²) < 4.78 is 1.64. The predicted molar refractivity (Wildman–Crippen MR) is 124 cm³/mol. The van der Waals surface area contributed by atoms with Crippen LogP contribution in [0, 0.1) is 6.92 Å². The molecule has 0 spiro atoms. The maximum absolute atomic E-state index is 13.2. The van der Waals surface area contributed by atoms with E-state index in [1.54, 1.807) is 35.9 Å². The number of benzene rings is 3. The van der Waals surface area contributed by atoms with Crippen LogP contribution in [0.4, 0.5) is 5.82 Å². The molecule has 5 heteroatoms. The monoisotopic (exact) mass is 409 g/mol. The van der Waals surface area contributed by atoms with E-state index in [1.165, 1.54) is 5.56 Å². The minimum Gasteiger partial charge on any atom is -0.306 e. The maximum Gasteiger partial charge on any atom is 0.256 e. The zero-order valence-electron chi connectivity index (χ0n) is 17.5. The largest absolute Gasteiger partial charge is 0.306 e. The highest BCUT2D eigenvalue weighted by atomic mass is 16.2. The van der Waals surface area contributed by atoms with Gasteiger partial charge in [0.2, 0.25) is 5.43 Å². The first-order valence-electron chi connectivity index (χ1n) is 10.2. The van der Waals surface area contributed by atoms with Gasteiger partial charge < -0.3 is 5.32 Å². The second-order valence-corrected chi connectivity index (χ2v) is 7.26. The summed E-state index contributed by atoms with van der Waals surface area (Å²) in [4.78, 5) is 26.2. The molecule has 3 aromatic carbocycles. The van der Waals surface area contributed by atoms with E-state index in [9.17, 15) is 9.59 Å². The van der Waals surface area contributed by atoms with Crippen LogP contribution in [0.1, 0.15) is 28.5 Å². The van der Waals surface area contributed by atoms with Gasteiger partial charge in [0.15, 0.2) is 0 Å². The normalized spacial score (nSPS) is 10.6. The Morgan fingerprint density at radius 3 is 2.13 bits per heavy atom. The van der Waals surface area contributed by atoms with Crippen molar-refractivity contribution < 1.29 is 4.79 Å².